The Morgan fingerprint density at radius 1 is 1.46 bits per heavy atom. The Bertz CT molecular complexity index is 733. The third kappa shape index (κ3) is 4.89. The van der Waals surface area contributed by atoms with Crippen LogP contribution in [-0.2, 0) is 17.7 Å². The molecule has 0 aliphatic rings. The van der Waals surface area contributed by atoms with Gasteiger partial charge in [0.25, 0.3) is 0 Å². The molecule has 0 fully saturated rings. The zero-order valence-corrected chi connectivity index (χ0v) is 15.2. The van der Waals surface area contributed by atoms with Gasteiger partial charge in [0.1, 0.15) is 5.60 Å². The van der Waals surface area contributed by atoms with Crippen molar-refractivity contribution in [1.29, 1.82) is 0 Å². The highest BCUT2D eigenvalue weighted by molar-refractivity contribution is 7.71. The van der Waals surface area contributed by atoms with E-state index in [1.165, 1.54) is 0 Å². The Kier molecular flexibility index (Phi) is 5.71. The number of nitrogens with zero attached hydrogens (tertiary/aromatic N) is 3. The van der Waals surface area contributed by atoms with Crippen molar-refractivity contribution in [3.05, 3.63) is 40.7 Å². The van der Waals surface area contributed by atoms with Crippen molar-refractivity contribution >= 4 is 18.3 Å². The van der Waals surface area contributed by atoms with Crippen molar-refractivity contribution in [1.82, 2.24) is 25.1 Å². The summed E-state index contributed by atoms with van der Waals surface area (Å²) in [6.07, 6.45) is 1.70. The smallest absolute Gasteiger partial charge is 0.408 e. The first-order valence-corrected chi connectivity index (χ1v) is 8.25. The Hall–Kier alpha value is -2.22. The van der Waals surface area contributed by atoms with Gasteiger partial charge in [0.15, 0.2) is 10.6 Å². The second kappa shape index (κ2) is 7.57. The van der Waals surface area contributed by atoms with Gasteiger partial charge in [-0.25, -0.2) is 4.79 Å². The molecule has 2 rings (SSSR count). The summed E-state index contributed by atoms with van der Waals surface area (Å²) in [5, 5.41) is 9.94. The molecule has 1 atom stereocenters. The fourth-order valence-corrected chi connectivity index (χ4v) is 2.55. The molecule has 0 radical (unpaired) electrons. The predicted molar refractivity (Wildman–Crippen MR) is 93.1 cm³/mol. The molecule has 8 heteroatoms. The number of amides is 1. The summed E-state index contributed by atoms with van der Waals surface area (Å²) in [7, 11) is 0. The van der Waals surface area contributed by atoms with Crippen LogP contribution < -0.4 is 5.32 Å². The lowest BCUT2D eigenvalue weighted by Crippen LogP contribution is -2.37. The number of carbonyl (C=O) groups is 1. The standard InChI is InChI=1S/C16H23N5O2S/c1-5-21-13(19-20-14(21)24)12(10-11-8-6-7-9-17-11)18-15(22)23-16(2,3)4/h6-9,12H,5,10H2,1-4H3,(H,18,22)(H,20,24). The molecule has 7 nitrogen and oxygen atoms in total. The molecule has 0 aliphatic carbocycles. The molecular weight excluding hydrogens is 326 g/mol. The third-order valence-electron chi connectivity index (χ3n) is 3.25. The van der Waals surface area contributed by atoms with Crippen molar-refractivity contribution in [2.45, 2.75) is 52.3 Å². The maximum atomic E-state index is 12.2. The molecule has 1 amide bonds. The number of H-pyrrole nitrogens is 1. The highest BCUT2D eigenvalue weighted by Gasteiger charge is 2.24. The Labute approximate surface area is 146 Å². The van der Waals surface area contributed by atoms with Crippen LogP contribution in [0.3, 0.4) is 0 Å². The SMILES string of the molecule is CCn1c(C(Cc2ccccn2)NC(=O)OC(C)(C)C)n[nH]c1=S. The minimum Gasteiger partial charge on any atom is -0.444 e. The number of carbonyl (C=O) groups excluding carboxylic acids is 1. The summed E-state index contributed by atoms with van der Waals surface area (Å²) in [5.74, 6) is 0.652. The summed E-state index contributed by atoms with van der Waals surface area (Å²) in [5.41, 5.74) is 0.268. The van der Waals surface area contributed by atoms with Crippen LogP contribution in [0.2, 0.25) is 0 Å². The second-order valence-electron chi connectivity index (χ2n) is 6.36. The summed E-state index contributed by atoms with van der Waals surface area (Å²) in [4.78, 5) is 16.5. The van der Waals surface area contributed by atoms with Gasteiger partial charge in [-0.1, -0.05) is 6.07 Å². The first-order valence-electron chi connectivity index (χ1n) is 7.84. The van der Waals surface area contributed by atoms with Crippen LogP contribution in [0.5, 0.6) is 0 Å². The Morgan fingerprint density at radius 3 is 2.79 bits per heavy atom. The number of hydrogen-bond donors (Lipinski definition) is 2. The average molecular weight is 349 g/mol. The fraction of sp³-hybridized carbons (Fsp3) is 0.500. The van der Waals surface area contributed by atoms with Crippen LogP contribution in [0.4, 0.5) is 4.79 Å². The summed E-state index contributed by atoms with van der Waals surface area (Å²) in [6.45, 7) is 8.09. The number of pyridine rings is 1. The normalized spacial score (nSPS) is 12.7. The first kappa shape index (κ1) is 18.1. The van der Waals surface area contributed by atoms with Gasteiger partial charge in [0.05, 0.1) is 6.04 Å². The molecule has 0 saturated carbocycles. The van der Waals surface area contributed by atoms with E-state index in [-0.39, 0.29) is 0 Å². The van der Waals surface area contributed by atoms with E-state index >= 15 is 0 Å². The molecule has 1 unspecified atom stereocenters. The van der Waals surface area contributed by atoms with Gasteiger partial charge >= 0.3 is 6.09 Å². The minimum absolute atomic E-state index is 0.400. The number of hydrogen-bond acceptors (Lipinski definition) is 5. The van der Waals surface area contributed by atoms with E-state index in [0.717, 1.165) is 5.69 Å². The van der Waals surface area contributed by atoms with Gasteiger partial charge in [-0.2, -0.15) is 5.10 Å². The molecule has 130 valence electrons. The number of nitrogens with one attached hydrogen (secondary N) is 2. The Balaban J connectivity index is 2.27. The van der Waals surface area contributed by atoms with E-state index in [9.17, 15) is 4.79 Å². The van der Waals surface area contributed by atoms with E-state index in [0.29, 0.717) is 23.6 Å². The van der Waals surface area contributed by atoms with Crippen LogP contribution in [0.1, 0.15) is 45.3 Å². The maximum Gasteiger partial charge on any atom is 0.408 e. The number of ether oxygens (including phenoxy) is 1. The number of aromatic amines is 1. The lowest BCUT2D eigenvalue weighted by Gasteiger charge is -2.23. The zero-order chi connectivity index (χ0) is 17.7. The van der Waals surface area contributed by atoms with Crippen LogP contribution >= 0.6 is 12.2 Å². The van der Waals surface area contributed by atoms with E-state index in [1.54, 1.807) is 6.20 Å². The lowest BCUT2D eigenvalue weighted by atomic mass is 10.1. The van der Waals surface area contributed by atoms with E-state index < -0.39 is 17.7 Å². The highest BCUT2D eigenvalue weighted by atomic mass is 32.1. The molecule has 0 spiro atoms. The first-order chi connectivity index (χ1) is 11.3. The monoisotopic (exact) mass is 349 g/mol. The summed E-state index contributed by atoms with van der Waals surface area (Å²) < 4.78 is 7.73. The maximum absolute atomic E-state index is 12.2. The lowest BCUT2D eigenvalue weighted by molar-refractivity contribution is 0.0500. The minimum atomic E-state index is -0.574. The molecule has 0 bridgehead atoms. The highest BCUT2D eigenvalue weighted by Crippen LogP contribution is 2.17. The van der Waals surface area contributed by atoms with Crippen LogP contribution in [0.15, 0.2) is 24.4 Å². The van der Waals surface area contributed by atoms with Crippen molar-refractivity contribution in [2.75, 3.05) is 0 Å². The van der Waals surface area contributed by atoms with Crippen LogP contribution in [0.25, 0.3) is 0 Å². The van der Waals surface area contributed by atoms with Gasteiger partial charge in [-0.15, -0.1) is 0 Å². The van der Waals surface area contributed by atoms with Gasteiger partial charge < -0.3 is 14.6 Å². The van der Waals surface area contributed by atoms with Gasteiger partial charge in [0, 0.05) is 24.9 Å². The van der Waals surface area contributed by atoms with Crippen molar-refractivity contribution in [3.8, 4) is 0 Å². The molecule has 2 aromatic rings. The summed E-state index contributed by atoms with van der Waals surface area (Å²) >= 11 is 5.24. The molecule has 2 N–H and O–H groups in total. The molecular formula is C16H23N5O2S. The van der Waals surface area contributed by atoms with E-state index in [4.69, 9.17) is 17.0 Å². The fourth-order valence-electron chi connectivity index (χ4n) is 2.29. The number of rotatable bonds is 5. The van der Waals surface area contributed by atoms with Gasteiger partial charge in [0.2, 0.25) is 0 Å². The van der Waals surface area contributed by atoms with Crippen molar-refractivity contribution in [3.63, 3.8) is 0 Å². The molecule has 0 aromatic carbocycles. The Morgan fingerprint density at radius 2 is 2.21 bits per heavy atom. The number of alkyl carbamates (subject to hydrolysis) is 1. The van der Waals surface area contributed by atoms with Crippen LogP contribution in [0, 0.1) is 4.77 Å². The average Bonchev–Trinajstić information content (AvgIpc) is 2.86. The van der Waals surface area contributed by atoms with Gasteiger partial charge in [-0.3, -0.25) is 10.1 Å². The predicted octanol–water partition coefficient (Wildman–Crippen LogP) is 3.16. The van der Waals surface area contributed by atoms with Crippen molar-refractivity contribution in [2.24, 2.45) is 0 Å². The largest absolute Gasteiger partial charge is 0.444 e. The van der Waals surface area contributed by atoms with Crippen LogP contribution in [-0.4, -0.2) is 31.4 Å². The summed E-state index contributed by atoms with van der Waals surface area (Å²) in [6, 6.07) is 5.26. The topological polar surface area (TPSA) is 84.8 Å². The van der Waals surface area contributed by atoms with Crippen molar-refractivity contribution < 1.29 is 9.53 Å². The number of aromatic nitrogens is 4. The molecule has 24 heavy (non-hydrogen) atoms. The third-order valence-corrected chi connectivity index (χ3v) is 3.56. The van der Waals surface area contributed by atoms with Gasteiger partial charge in [-0.05, 0) is 52.0 Å². The van der Waals surface area contributed by atoms with E-state index in [1.807, 2.05) is 50.5 Å². The molecule has 0 aliphatic heterocycles. The zero-order valence-electron chi connectivity index (χ0n) is 14.4. The second-order valence-corrected chi connectivity index (χ2v) is 6.74. The molecule has 2 heterocycles. The molecule has 2 aromatic heterocycles. The quantitative estimate of drug-likeness (QED) is 0.810. The van der Waals surface area contributed by atoms with E-state index in [2.05, 4.69) is 20.5 Å². The molecule has 0 saturated heterocycles.